The second kappa shape index (κ2) is 4.45. The number of aryl methyl sites for hydroxylation is 1. The van der Waals surface area contributed by atoms with Crippen LogP contribution in [0.4, 0.5) is 0 Å². The van der Waals surface area contributed by atoms with Crippen LogP contribution in [0.25, 0.3) is 0 Å². The van der Waals surface area contributed by atoms with Crippen molar-refractivity contribution in [1.29, 1.82) is 0 Å². The topological polar surface area (TPSA) is 26.0 Å². The van der Waals surface area contributed by atoms with Crippen molar-refractivity contribution in [1.82, 2.24) is 0 Å². The van der Waals surface area contributed by atoms with Crippen molar-refractivity contribution in [2.45, 2.75) is 26.3 Å². The van der Waals surface area contributed by atoms with E-state index in [-0.39, 0.29) is 6.04 Å². The summed E-state index contributed by atoms with van der Waals surface area (Å²) < 4.78 is 0.998. The van der Waals surface area contributed by atoms with Crippen LogP contribution < -0.4 is 5.73 Å². The molecule has 0 saturated carbocycles. The van der Waals surface area contributed by atoms with E-state index in [9.17, 15) is 0 Å². The minimum absolute atomic E-state index is 0.0883. The van der Waals surface area contributed by atoms with Crippen LogP contribution in [0.3, 0.4) is 0 Å². The van der Waals surface area contributed by atoms with E-state index in [1.165, 1.54) is 0 Å². The molecule has 0 saturated heterocycles. The molecule has 1 aromatic carbocycles. The molecule has 1 atom stereocenters. The zero-order chi connectivity index (χ0) is 10.0. The molecule has 0 radical (unpaired) electrons. The van der Waals surface area contributed by atoms with Gasteiger partial charge in [0.15, 0.2) is 0 Å². The van der Waals surface area contributed by atoms with Gasteiger partial charge in [0.05, 0.1) is 0 Å². The van der Waals surface area contributed by atoms with E-state index in [4.69, 9.17) is 17.3 Å². The summed E-state index contributed by atoms with van der Waals surface area (Å²) in [5, 5.41) is 0.777. The first-order chi connectivity index (χ1) is 6.06. The summed E-state index contributed by atoms with van der Waals surface area (Å²) in [6.07, 6.45) is 0.930. The predicted molar refractivity (Wildman–Crippen MR) is 61.1 cm³/mol. The van der Waals surface area contributed by atoms with Crippen LogP contribution in [0.15, 0.2) is 16.6 Å². The number of halogens is 2. The molecule has 1 rings (SSSR count). The maximum atomic E-state index is 5.96. The van der Waals surface area contributed by atoms with Gasteiger partial charge in [-0.2, -0.15) is 0 Å². The molecule has 3 heteroatoms. The molecule has 0 aliphatic carbocycles. The van der Waals surface area contributed by atoms with Gasteiger partial charge >= 0.3 is 0 Å². The van der Waals surface area contributed by atoms with Gasteiger partial charge in [0, 0.05) is 15.5 Å². The van der Waals surface area contributed by atoms with Crippen molar-refractivity contribution in [3.8, 4) is 0 Å². The molecule has 0 fully saturated rings. The zero-order valence-electron chi connectivity index (χ0n) is 7.77. The number of rotatable bonds is 2. The second-order valence-corrected chi connectivity index (χ2v) is 4.40. The lowest BCUT2D eigenvalue weighted by Gasteiger charge is -2.13. The van der Waals surface area contributed by atoms with Gasteiger partial charge in [-0.15, -0.1) is 0 Å². The molecule has 0 aliphatic heterocycles. The molecule has 1 nitrogen and oxygen atoms in total. The first-order valence-corrected chi connectivity index (χ1v) is 5.44. The molecule has 13 heavy (non-hydrogen) atoms. The van der Waals surface area contributed by atoms with E-state index < -0.39 is 0 Å². The van der Waals surface area contributed by atoms with Gasteiger partial charge in [0.2, 0.25) is 0 Å². The molecule has 0 amide bonds. The van der Waals surface area contributed by atoms with Gasteiger partial charge in [-0.25, -0.2) is 0 Å². The van der Waals surface area contributed by atoms with Gasteiger partial charge < -0.3 is 5.73 Å². The number of benzene rings is 1. The Balaban J connectivity index is 3.15. The molecule has 0 aromatic heterocycles. The van der Waals surface area contributed by atoms with Crippen LogP contribution >= 0.6 is 27.5 Å². The Labute approximate surface area is 92.4 Å². The highest BCUT2D eigenvalue weighted by atomic mass is 79.9. The lowest BCUT2D eigenvalue weighted by molar-refractivity contribution is 0.695. The molecule has 0 bridgehead atoms. The predicted octanol–water partition coefficient (Wildman–Crippen LogP) is 3.82. The molecular formula is C10H13BrClN. The summed E-state index contributed by atoms with van der Waals surface area (Å²) >= 11 is 9.42. The van der Waals surface area contributed by atoms with E-state index in [0.717, 1.165) is 27.0 Å². The van der Waals surface area contributed by atoms with Crippen LogP contribution in [0, 0.1) is 6.92 Å². The average molecular weight is 263 g/mol. The molecule has 1 unspecified atom stereocenters. The Bertz CT molecular complexity index is 312. The van der Waals surface area contributed by atoms with Gasteiger partial charge in [-0.3, -0.25) is 0 Å². The summed E-state index contributed by atoms with van der Waals surface area (Å²) in [5.41, 5.74) is 8.14. The molecule has 2 N–H and O–H groups in total. The molecule has 0 aliphatic rings. The van der Waals surface area contributed by atoms with Crippen molar-refractivity contribution in [2.24, 2.45) is 5.73 Å². The Hall–Kier alpha value is -0.0500. The minimum Gasteiger partial charge on any atom is -0.324 e. The summed E-state index contributed by atoms with van der Waals surface area (Å²) in [5.74, 6) is 0. The van der Waals surface area contributed by atoms with Crippen molar-refractivity contribution in [2.75, 3.05) is 0 Å². The fraction of sp³-hybridized carbons (Fsp3) is 0.400. The lowest BCUT2D eigenvalue weighted by Crippen LogP contribution is -2.09. The van der Waals surface area contributed by atoms with Crippen LogP contribution in [-0.2, 0) is 0 Å². The van der Waals surface area contributed by atoms with Crippen molar-refractivity contribution < 1.29 is 0 Å². The third-order valence-corrected chi connectivity index (χ3v) is 3.21. The SMILES string of the molecule is CCC(N)c1cc(C)c(Cl)cc1Br. The largest absolute Gasteiger partial charge is 0.324 e. The molecule has 1 aromatic rings. The molecule has 72 valence electrons. The fourth-order valence-electron chi connectivity index (χ4n) is 1.18. The summed E-state index contributed by atoms with van der Waals surface area (Å²) in [6, 6.07) is 4.04. The highest BCUT2D eigenvalue weighted by molar-refractivity contribution is 9.10. The van der Waals surface area contributed by atoms with Crippen LogP contribution in [0.2, 0.25) is 5.02 Å². The normalized spacial score (nSPS) is 13.0. The van der Waals surface area contributed by atoms with Crippen LogP contribution in [0.1, 0.15) is 30.5 Å². The zero-order valence-corrected chi connectivity index (χ0v) is 10.1. The first kappa shape index (κ1) is 11.0. The average Bonchev–Trinajstić information content (AvgIpc) is 2.10. The fourth-order valence-corrected chi connectivity index (χ4v) is 2.12. The number of hydrogen-bond acceptors (Lipinski definition) is 1. The number of nitrogens with two attached hydrogens (primary N) is 1. The van der Waals surface area contributed by atoms with Gasteiger partial charge in [-0.05, 0) is 30.5 Å². The summed E-state index contributed by atoms with van der Waals surface area (Å²) in [4.78, 5) is 0. The minimum atomic E-state index is 0.0883. The molecule has 0 heterocycles. The van der Waals surface area contributed by atoms with Gasteiger partial charge in [0.1, 0.15) is 0 Å². The maximum absolute atomic E-state index is 5.96. The van der Waals surface area contributed by atoms with Crippen molar-refractivity contribution in [3.63, 3.8) is 0 Å². The monoisotopic (exact) mass is 261 g/mol. The van der Waals surface area contributed by atoms with Gasteiger partial charge in [0.25, 0.3) is 0 Å². The highest BCUT2D eigenvalue weighted by Gasteiger charge is 2.09. The standard InChI is InChI=1S/C10H13BrClN/c1-3-10(13)7-4-6(2)9(12)5-8(7)11/h4-5,10H,3,13H2,1-2H3. The highest BCUT2D eigenvalue weighted by Crippen LogP contribution is 2.29. The van der Waals surface area contributed by atoms with Gasteiger partial charge in [-0.1, -0.05) is 40.5 Å². The van der Waals surface area contributed by atoms with E-state index in [0.29, 0.717) is 0 Å². The van der Waals surface area contributed by atoms with E-state index >= 15 is 0 Å². The van der Waals surface area contributed by atoms with E-state index in [1.54, 1.807) is 0 Å². The summed E-state index contributed by atoms with van der Waals surface area (Å²) in [7, 11) is 0. The third kappa shape index (κ3) is 2.46. The van der Waals surface area contributed by atoms with E-state index in [1.807, 2.05) is 19.1 Å². The quantitative estimate of drug-likeness (QED) is 0.861. The lowest BCUT2D eigenvalue weighted by atomic mass is 10.0. The molecular weight excluding hydrogens is 249 g/mol. The van der Waals surface area contributed by atoms with Crippen molar-refractivity contribution in [3.05, 3.63) is 32.8 Å². The maximum Gasteiger partial charge on any atom is 0.0446 e. The first-order valence-electron chi connectivity index (χ1n) is 4.27. The number of hydrogen-bond donors (Lipinski definition) is 1. The molecule has 0 spiro atoms. The van der Waals surface area contributed by atoms with E-state index in [2.05, 4.69) is 22.9 Å². The third-order valence-electron chi connectivity index (χ3n) is 2.12. The summed E-state index contributed by atoms with van der Waals surface area (Å²) in [6.45, 7) is 4.06. The Morgan fingerprint density at radius 2 is 2.15 bits per heavy atom. The van der Waals surface area contributed by atoms with Crippen LogP contribution in [-0.4, -0.2) is 0 Å². The van der Waals surface area contributed by atoms with Crippen LogP contribution in [0.5, 0.6) is 0 Å². The Morgan fingerprint density at radius 1 is 1.54 bits per heavy atom. The second-order valence-electron chi connectivity index (χ2n) is 3.14. The Kier molecular flexibility index (Phi) is 3.77. The van der Waals surface area contributed by atoms with Crippen molar-refractivity contribution >= 4 is 27.5 Å². The Morgan fingerprint density at radius 3 is 2.69 bits per heavy atom. The smallest absolute Gasteiger partial charge is 0.0446 e.